The summed E-state index contributed by atoms with van der Waals surface area (Å²) in [7, 11) is 0. The molecule has 10 heteroatoms. The minimum atomic E-state index is -1.06. The van der Waals surface area contributed by atoms with Crippen molar-refractivity contribution in [3.8, 4) is 5.75 Å². The standard InChI is InChI=1S/C27H26ClN3O5S/c1-27(2,36-22-6-4-3-5-20(22)28)26(34)31-11-9-16(10-12-31)24-30-21(15-37-24)23(32)29-18-8-7-17-14-35-25(33)19(17)13-18/h3-8,13,15-16H,9-12,14H2,1-2H3,(H,29,32). The highest BCUT2D eigenvalue weighted by atomic mass is 35.5. The lowest BCUT2D eigenvalue weighted by atomic mass is 9.96. The van der Waals surface area contributed by atoms with E-state index in [0.29, 0.717) is 40.8 Å². The summed E-state index contributed by atoms with van der Waals surface area (Å²) in [5.41, 5.74) is 1.07. The van der Waals surface area contributed by atoms with Crippen molar-refractivity contribution in [1.29, 1.82) is 0 Å². The Morgan fingerprint density at radius 1 is 1.19 bits per heavy atom. The summed E-state index contributed by atoms with van der Waals surface area (Å²) in [5, 5.41) is 5.89. The second-order valence-electron chi connectivity index (χ2n) is 9.58. The molecule has 2 aromatic carbocycles. The van der Waals surface area contributed by atoms with Crippen LogP contribution in [0.5, 0.6) is 5.75 Å². The number of anilines is 1. The van der Waals surface area contributed by atoms with Gasteiger partial charge in [-0.15, -0.1) is 11.3 Å². The summed E-state index contributed by atoms with van der Waals surface area (Å²) in [5.74, 6) is -0.169. The van der Waals surface area contributed by atoms with Crippen LogP contribution < -0.4 is 10.1 Å². The van der Waals surface area contributed by atoms with E-state index >= 15 is 0 Å². The van der Waals surface area contributed by atoms with E-state index in [1.165, 1.54) is 11.3 Å². The zero-order valence-electron chi connectivity index (χ0n) is 20.5. The molecule has 8 nitrogen and oxygen atoms in total. The molecule has 2 aliphatic rings. The SMILES string of the molecule is CC(C)(Oc1ccccc1Cl)C(=O)N1CCC(c2nc(C(=O)Nc3ccc4c(c3)C(=O)OC4)cs2)CC1. The van der Waals surface area contributed by atoms with Gasteiger partial charge < -0.3 is 19.7 Å². The van der Waals surface area contributed by atoms with Crippen LogP contribution in [0.15, 0.2) is 47.8 Å². The second kappa shape index (κ2) is 10.1. The summed E-state index contributed by atoms with van der Waals surface area (Å²) < 4.78 is 11.0. The molecule has 0 unspecified atom stereocenters. The molecule has 37 heavy (non-hydrogen) atoms. The first kappa shape index (κ1) is 25.2. The fraction of sp³-hybridized carbons (Fsp3) is 0.333. The number of esters is 1. The highest BCUT2D eigenvalue weighted by molar-refractivity contribution is 7.10. The summed E-state index contributed by atoms with van der Waals surface area (Å²) in [6.07, 6.45) is 1.49. The Kier molecular flexibility index (Phi) is 6.92. The third-order valence-corrected chi connectivity index (χ3v) is 7.87. The van der Waals surface area contributed by atoms with Crippen molar-refractivity contribution in [3.63, 3.8) is 0 Å². The third kappa shape index (κ3) is 5.33. The van der Waals surface area contributed by atoms with Gasteiger partial charge in [0.1, 0.15) is 18.1 Å². The van der Waals surface area contributed by atoms with Crippen LogP contribution >= 0.6 is 22.9 Å². The minimum absolute atomic E-state index is 0.0942. The van der Waals surface area contributed by atoms with Crippen LogP contribution in [0.1, 0.15) is 64.0 Å². The Bertz CT molecular complexity index is 1360. The Hall–Kier alpha value is -3.43. The van der Waals surface area contributed by atoms with Gasteiger partial charge in [-0.3, -0.25) is 9.59 Å². The molecule has 0 bridgehead atoms. The first-order valence-electron chi connectivity index (χ1n) is 12.0. The van der Waals surface area contributed by atoms with Crippen molar-refractivity contribution in [3.05, 3.63) is 74.7 Å². The van der Waals surface area contributed by atoms with Gasteiger partial charge in [0.2, 0.25) is 0 Å². The van der Waals surface area contributed by atoms with Gasteiger partial charge in [-0.1, -0.05) is 29.8 Å². The normalized spacial score (nSPS) is 15.8. The van der Waals surface area contributed by atoms with E-state index in [2.05, 4.69) is 10.3 Å². The number of hydrogen-bond donors (Lipinski definition) is 1. The van der Waals surface area contributed by atoms with Gasteiger partial charge in [0.25, 0.3) is 11.8 Å². The number of ether oxygens (including phenoxy) is 2. The van der Waals surface area contributed by atoms with Crippen molar-refractivity contribution < 1.29 is 23.9 Å². The number of thiazole rings is 1. The molecule has 0 saturated carbocycles. The Morgan fingerprint density at radius 3 is 2.70 bits per heavy atom. The number of aromatic nitrogens is 1. The number of nitrogens with one attached hydrogen (secondary N) is 1. The number of carbonyl (C=O) groups is 3. The van der Waals surface area contributed by atoms with E-state index in [1.807, 2.05) is 17.0 Å². The minimum Gasteiger partial charge on any atom is -0.476 e. The molecule has 0 radical (unpaired) electrons. The molecule has 2 aliphatic heterocycles. The highest BCUT2D eigenvalue weighted by Crippen LogP contribution is 2.33. The molecule has 2 amide bonds. The van der Waals surface area contributed by atoms with Crippen molar-refractivity contribution in [2.45, 2.75) is 44.8 Å². The number of likely N-dealkylation sites (tertiary alicyclic amines) is 1. The number of nitrogens with zero attached hydrogens (tertiary/aromatic N) is 2. The topological polar surface area (TPSA) is 97.8 Å². The van der Waals surface area contributed by atoms with Crippen LogP contribution in [-0.2, 0) is 16.1 Å². The number of carbonyl (C=O) groups excluding carboxylic acids is 3. The maximum absolute atomic E-state index is 13.2. The van der Waals surface area contributed by atoms with E-state index in [-0.39, 0.29) is 30.3 Å². The fourth-order valence-corrected chi connectivity index (χ4v) is 5.67. The number of fused-ring (bicyclic) bond motifs is 1. The first-order valence-corrected chi connectivity index (χ1v) is 13.3. The van der Waals surface area contributed by atoms with Crippen molar-refractivity contribution in [2.24, 2.45) is 0 Å². The summed E-state index contributed by atoms with van der Waals surface area (Å²) in [6, 6.07) is 12.3. The molecule has 0 atom stereocenters. The van der Waals surface area contributed by atoms with Crippen molar-refractivity contribution in [2.75, 3.05) is 18.4 Å². The van der Waals surface area contributed by atoms with Crippen LogP contribution in [0.2, 0.25) is 5.02 Å². The van der Waals surface area contributed by atoms with E-state index in [4.69, 9.17) is 21.1 Å². The van der Waals surface area contributed by atoms with Crippen LogP contribution in [0, 0.1) is 0 Å². The molecule has 3 aromatic rings. The lowest BCUT2D eigenvalue weighted by Crippen LogP contribution is -2.51. The van der Waals surface area contributed by atoms with E-state index in [0.717, 1.165) is 23.4 Å². The zero-order valence-corrected chi connectivity index (χ0v) is 22.0. The lowest BCUT2D eigenvalue weighted by molar-refractivity contribution is -0.146. The van der Waals surface area contributed by atoms with Crippen LogP contribution in [0.25, 0.3) is 0 Å². The molecule has 1 aromatic heterocycles. The predicted molar refractivity (Wildman–Crippen MR) is 140 cm³/mol. The number of hydrogen-bond acceptors (Lipinski definition) is 7. The molecule has 192 valence electrons. The number of cyclic esters (lactones) is 1. The third-order valence-electron chi connectivity index (χ3n) is 6.55. The number of para-hydroxylation sites is 1. The maximum Gasteiger partial charge on any atom is 0.338 e. The largest absolute Gasteiger partial charge is 0.476 e. The summed E-state index contributed by atoms with van der Waals surface area (Å²) >= 11 is 7.65. The number of piperidine rings is 1. The monoisotopic (exact) mass is 539 g/mol. The fourth-order valence-electron chi connectivity index (χ4n) is 4.52. The Morgan fingerprint density at radius 2 is 1.95 bits per heavy atom. The molecule has 3 heterocycles. The molecule has 1 saturated heterocycles. The zero-order chi connectivity index (χ0) is 26.2. The van der Waals surface area contributed by atoms with Crippen molar-refractivity contribution in [1.82, 2.24) is 9.88 Å². The molecule has 1 N–H and O–H groups in total. The number of amides is 2. The molecule has 0 spiro atoms. The number of benzene rings is 2. The van der Waals surface area contributed by atoms with Gasteiger partial charge in [0.05, 0.1) is 15.6 Å². The maximum atomic E-state index is 13.2. The van der Waals surface area contributed by atoms with Gasteiger partial charge in [0.15, 0.2) is 5.60 Å². The van der Waals surface area contributed by atoms with E-state index in [1.54, 1.807) is 49.6 Å². The van der Waals surface area contributed by atoms with Crippen molar-refractivity contribution >= 4 is 46.4 Å². The van der Waals surface area contributed by atoms with Gasteiger partial charge in [-0.05, 0) is 51.0 Å². The van der Waals surface area contributed by atoms with Crippen LogP contribution in [-0.4, -0.2) is 46.4 Å². The van der Waals surface area contributed by atoms with Gasteiger partial charge in [-0.25, -0.2) is 9.78 Å². The van der Waals surface area contributed by atoms with Gasteiger partial charge >= 0.3 is 5.97 Å². The van der Waals surface area contributed by atoms with Gasteiger partial charge in [0, 0.05) is 35.6 Å². The number of halogens is 1. The Labute approximate surface area is 223 Å². The molecule has 5 rings (SSSR count). The van der Waals surface area contributed by atoms with Crippen LogP contribution in [0.4, 0.5) is 5.69 Å². The van der Waals surface area contributed by atoms with E-state index < -0.39 is 5.60 Å². The second-order valence-corrected chi connectivity index (χ2v) is 10.9. The molecular formula is C27H26ClN3O5S. The molecular weight excluding hydrogens is 514 g/mol. The van der Waals surface area contributed by atoms with Crippen LogP contribution in [0.3, 0.4) is 0 Å². The average Bonchev–Trinajstić information content (AvgIpc) is 3.53. The molecule has 0 aliphatic carbocycles. The summed E-state index contributed by atoms with van der Waals surface area (Å²) in [4.78, 5) is 44.1. The molecule has 1 fully saturated rings. The van der Waals surface area contributed by atoms with E-state index in [9.17, 15) is 14.4 Å². The smallest absolute Gasteiger partial charge is 0.338 e. The Balaban J connectivity index is 1.17. The number of rotatable bonds is 6. The quantitative estimate of drug-likeness (QED) is 0.428. The average molecular weight is 540 g/mol. The van der Waals surface area contributed by atoms with Gasteiger partial charge in [-0.2, -0.15) is 0 Å². The highest BCUT2D eigenvalue weighted by Gasteiger charge is 2.37. The first-order chi connectivity index (χ1) is 17.7. The summed E-state index contributed by atoms with van der Waals surface area (Å²) in [6.45, 7) is 4.91. The predicted octanol–water partition coefficient (Wildman–Crippen LogP) is 5.28. The lowest BCUT2D eigenvalue weighted by Gasteiger charge is -2.36.